The maximum atomic E-state index is 10.8. The van der Waals surface area contributed by atoms with E-state index < -0.39 is 5.97 Å². The van der Waals surface area contributed by atoms with E-state index in [2.05, 4.69) is 0 Å². The summed E-state index contributed by atoms with van der Waals surface area (Å²) >= 11 is 6.34. The van der Waals surface area contributed by atoms with E-state index in [1.165, 1.54) is 0 Å². The average molecular weight is 393 g/mol. The quantitative estimate of drug-likeness (QED) is 0.586. The maximum absolute atomic E-state index is 10.8. The minimum Gasteiger partial charge on any atom is -0.490 e. The highest BCUT2D eigenvalue weighted by molar-refractivity contribution is 6.32. The molecule has 1 N–H and O–H groups in total. The number of rotatable bonds is 10. The molecule has 2 rings (SSSR count). The van der Waals surface area contributed by atoms with Crippen molar-refractivity contribution in [2.75, 3.05) is 19.8 Å². The molecule has 0 saturated carbocycles. The van der Waals surface area contributed by atoms with Crippen molar-refractivity contribution in [2.24, 2.45) is 0 Å². The van der Waals surface area contributed by atoms with E-state index in [-0.39, 0.29) is 6.42 Å². The predicted molar refractivity (Wildman–Crippen MR) is 105 cm³/mol. The average Bonchev–Trinajstić information content (AvgIpc) is 2.61. The molecule has 0 fully saturated rings. The molecule has 0 aliphatic heterocycles. The number of ether oxygens (including phenoxy) is 3. The molecule has 0 radical (unpaired) electrons. The molecule has 6 heteroatoms. The van der Waals surface area contributed by atoms with Gasteiger partial charge in [0.25, 0.3) is 0 Å². The van der Waals surface area contributed by atoms with Crippen LogP contribution >= 0.6 is 11.6 Å². The second-order valence-corrected chi connectivity index (χ2v) is 6.56. The van der Waals surface area contributed by atoms with Crippen molar-refractivity contribution in [2.45, 2.75) is 33.6 Å². The molecule has 146 valence electrons. The molecule has 0 bridgehead atoms. The Morgan fingerprint density at radius 2 is 1.67 bits per heavy atom. The van der Waals surface area contributed by atoms with Gasteiger partial charge in [0.15, 0.2) is 11.5 Å². The van der Waals surface area contributed by atoms with Crippen molar-refractivity contribution in [1.82, 2.24) is 0 Å². The van der Waals surface area contributed by atoms with E-state index in [0.29, 0.717) is 42.8 Å². The van der Waals surface area contributed by atoms with Gasteiger partial charge in [-0.25, -0.2) is 0 Å². The highest BCUT2D eigenvalue weighted by Crippen LogP contribution is 2.37. The lowest BCUT2D eigenvalue weighted by Crippen LogP contribution is -2.11. The van der Waals surface area contributed by atoms with Crippen LogP contribution in [0, 0.1) is 13.8 Å². The minimum absolute atomic E-state index is 0.0334. The Balaban J connectivity index is 2.03. The number of halogens is 1. The Bertz CT molecular complexity index is 768. The van der Waals surface area contributed by atoms with Crippen LogP contribution in [0.25, 0.3) is 0 Å². The molecule has 2 aromatic rings. The molecule has 0 atom stereocenters. The molecule has 0 spiro atoms. The molecule has 2 aromatic carbocycles. The summed E-state index contributed by atoms with van der Waals surface area (Å²) in [5.74, 6) is 0.967. The zero-order valence-corrected chi connectivity index (χ0v) is 16.6. The van der Waals surface area contributed by atoms with Crippen molar-refractivity contribution >= 4 is 17.6 Å². The van der Waals surface area contributed by atoms with Gasteiger partial charge in [0.1, 0.15) is 19.0 Å². The van der Waals surface area contributed by atoms with Crippen molar-refractivity contribution in [3.8, 4) is 17.2 Å². The van der Waals surface area contributed by atoms with Gasteiger partial charge in [0, 0.05) is 6.42 Å². The van der Waals surface area contributed by atoms with Gasteiger partial charge in [-0.3, -0.25) is 4.79 Å². The fourth-order valence-corrected chi connectivity index (χ4v) is 3.02. The van der Waals surface area contributed by atoms with Crippen LogP contribution in [-0.4, -0.2) is 30.9 Å². The normalized spacial score (nSPS) is 10.5. The smallest absolute Gasteiger partial charge is 0.303 e. The lowest BCUT2D eigenvalue weighted by molar-refractivity contribution is -0.136. The van der Waals surface area contributed by atoms with E-state index in [0.717, 1.165) is 22.4 Å². The highest BCUT2D eigenvalue weighted by atomic mass is 35.5. The van der Waals surface area contributed by atoms with Gasteiger partial charge in [0.2, 0.25) is 0 Å². The van der Waals surface area contributed by atoms with Crippen LogP contribution in [-0.2, 0) is 11.2 Å². The standard InChI is InChI=1S/C21H25ClO5/c1-4-25-18-13-16(8-9-19(23)24)12-17(22)21(18)27-11-10-26-20-14(2)6-5-7-15(20)3/h5-7,12-13H,4,8-11H2,1-3H3,(H,23,24). The third-order valence-corrected chi connectivity index (χ3v) is 4.26. The Morgan fingerprint density at radius 1 is 1.04 bits per heavy atom. The summed E-state index contributed by atoms with van der Waals surface area (Å²) in [6, 6.07) is 9.50. The number of aliphatic carboxylic acids is 1. The molecule has 0 amide bonds. The largest absolute Gasteiger partial charge is 0.490 e. The SMILES string of the molecule is CCOc1cc(CCC(=O)O)cc(Cl)c1OCCOc1c(C)cccc1C. The van der Waals surface area contributed by atoms with Crippen LogP contribution in [0.4, 0.5) is 0 Å². The van der Waals surface area contributed by atoms with Gasteiger partial charge in [-0.1, -0.05) is 29.8 Å². The lowest BCUT2D eigenvalue weighted by Gasteiger charge is -2.16. The van der Waals surface area contributed by atoms with E-state index in [9.17, 15) is 4.79 Å². The van der Waals surface area contributed by atoms with E-state index in [4.69, 9.17) is 30.9 Å². The summed E-state index contributed by atoms with van der Waals surface area (Å²) in [6.45, 7) is 7.00. The van der Waals surface area contributed by atoms with E-state index in [1.54, 1.807) is 12.1 Å². The van der Waals surface area contributed by atoms with Gasteiger partial charge < -0.3 is 19.3 Å². The first kappa shape index (κ1) is 20.9. The number of carboxylic acid groups (broad SMARTS) is 1. The molecular formula is C21H25ClO5. The summed E-state index contributed by atoms with van der Waals surface area (Å²) in [7, 11) is 0. The third-order valence-electron chi connectivity index (χ3n) is 3.98. The Labute approximate surface area is 164 Å². The van der Waals surface area contributed by atoms with Crippen LogP contribution in [0.15, 0.2) is 30.3 Å². The first-order chi connectivity index (χ1) is 12.9. The zero-order chi connectivity index (χ0) is 19.8. The fraction of sp³-hybridized carbons (Fsp3) is 0.381. The summed E-state index contributed by atoms with van der Waals surface area (Å²) in [6.07, 6.45) is 0.413. The van der Waals surface area contributed by atoms with E-state index in [1.807, 2.05) is 39.0 Å². The summed E-state index contributed by atoms with van der Waals surface area (Å²) < 4.78 is 17.3. The second kappa shape index (κ2) is 10.1. The van der Waals surface area contributed by atoms with Gasteiger partial charge >= 0.3 is 5.97 Å². The predicted octanol–water partition coefficient (Wildman–Crippen LogP) is 4.83. The number of carbonyl (C=O) groups is 1. The monoisotopic (exact) mass is 392 g/mol. The van der Waals surface area contributed by atoms with Crippen molar-refractivity contribution < 1.29 is 24.1 Å². The van der Waals surface area contributed by atoms with Crippen LogP contribution < -0.4 is 14.2 Å². The van der Waals surface area contributed by atoms with Crippen LogP contribution in [0.2, 0.25) is 5.02 Å². The number of hydrogen-bond donors (Lipinski definition) is 1. The maximum Gasteiger partial charge on any atom is 0.303 e. The summed E-state index contributed by atoms with van der Waals surface area (Å²) in [4.78, 5) is 10.8. The molecule has 27 heavy (non-hydrogen) atoms. The van der Waals surface area contributed by atoms with Gasteiger partial charge in [-0.2, -0.15) is 0 Å². The third kappa shape index (κ3) is 6.07. The second-order valence-electron chi connectivity index (χ2n) is 6.15. The Kier molecular flexibility index (Phi) is 7.80. The fourth-order valence-electron chi connectivity index (χ4n) is 2.73. The number of hydrogen-bond acceptors (Lipinski definition) is 4. The molecule has 0 heterocycles. The van der Waals surface area contributed by atoms with Crippen LogP contribution in [0.3, 0.4) is 0 Å². The molecule has 0 aliphatic rings. The minimum atomic E-state index is -0.854. The Hall–Kier alpha value is -2.40. The summed E-state index contributed by atoms with van der Waals surface area (Å²) in [5.41, 5.74) is 2.95. The number of benzene rings is 2. The lowest BCUT2D eigenvalue weighted by atomic mass is 10.1. The number of carboxylic acids is 1. The van der Waals surface area contributed by atoms with Gasteiger partial charge in [-0.15, -0.1) is 0 Å². The highest BCUT2D eigenvalue weighted by Gasteiger charge is 2.14. The summed E-state index contributed by atoms with van der Waals surface area (Å²) in [5, 5.41) is 9.24. The molecule has 0 unspecified atom stereocenters. The van der Waals surface area contributed by atoms with E-state index >= 15 is 0 Å². The van der Waals surface area contributed by atoms with Crippen molar-refractivity contribution in [3.05, 3.63) is 52.0 Å². The van der Waals surface area contributed by atoms with Gasteiger partial charge in [-0.05, 0) is 56.0 Å². The first-order valence-electron chi connectivity index (χ1n) is 8.91. The van der Waals surface area contributed by atoms with Crippen molar-refractivity contribution in [3.63, 3.8) is 0 Å². The zero-order valence-electron chi connectivity index (χ0n) is 15.9. The van der Waals surface area contributed by atoms with Gasteiger partial charge in [0.05, 0.1) is 11.6 Å². The molecule has 0 aliphatic carbocycles. The molecule has 5 nitrogen and oxygen atoms in total. The Morgan fingerprint density at radius 3 is 2.26 bits per heavy atom. The van der Waals surface area contributed by atoms with Crippen molar-refractivity contribution in [1.29, 1.82) is 0 Å². The first-order valence-corrected chi connectivity index (χ1v) is 9.29. The number of aryl methyl sites for hydroxylation is 3. The van der Waals surface area contributed by atoms with Crippen LogP contribution in [0.5, 0.6) is 17.2 Å². The van der Waals surface area contributed by atoms with Crippen LogP contribution in [0.1, 0.15) is 30.0 Å². The topological polar surface area (TPSA) is 65.0 Å². The number of para-hydroxylation sites is 1. The molecule has 0 saturated heterocycles. The molecule has 0 aromatic heterocycles. The molecular weight excluding hydrogens is 368 g/mol.